The van der Waals surface area contributed by atoms with Crippen molar-refractivity contribution in [3.05, 3.63) is 34.3 Å². The van der Waals surface area contributed by atoms with Crippen molar-refractivity contribution in [1.29, 1.82) is 0 Å². The second-order valence-electron chi connectivity index (χ2n) is 4.32. The van der Waals surface area contributed by atoms with Gasteiger partial charge in [-0.1, -0.05) is 22.0 Å². The topological polar surface area (TPSA) is 40.5 Å². The highest BCUT2D eigenvalue weighted by Crippen LogP contribution is 2.26. The number of benzene rings is 1. The minimum absolute atomic E-state index is 0.0186. The molecule has 1 aliphatic carbocycles. The zero-order valence-corrected chi connectivity index (χ0v) is 11.2. The molecule has 0 aliphatic heterocycles. The highest BCUT2D eigenvalue weighted by Gasteiger charge is 2.28. The van der Waals surface area contributed by atoms with Crippen LogP contribution in [0.4, 0.5) is 0 Å². The first-order chi connectivity index (χ1) is 8.22. The molecule has 0 spiro atoms. The van der Waals surface area contributed by atoms with Crippen molar-refractivity contribution in [2.24, 2.45) is 0 Å². The van der Waals surface area contributed by atoms with Crippen LogP contribution in [0.25, 0.3) is 0 Å². The smallest absolute Gasteiger partial charge is 0.254 e. The summed E-state index contributed by atoms with van der Waals surface area (Å²) in [7, 11) is 0. The number of carbonyl (C=O) groups excluding carboxylic acids is 1. The van der Waals surface area contributed by atoms with Crippen molar-refractivity contribution < 1.29 is 9.90 Å². The third-order valence-corrected chi connectivity index (χ3v) is 3.68. The van der Waals surface area contributed by atoms with Crippen LogP contribution in [0.1, 0.15) is 29.6 Å². The van der Waals surface area contributed by atoms with E-state index in [4.69, 9.17) is 5.11 Å². The first kappa shape index (κ1) is 12.6. The van der Waals surface area contributed by atoms with E-state index in [0.29, 0.717) is 18.2 Å². The summed E-state index contributed by atoms with van der Waals surface area (Å²) in [5.41, 5.74) is 0.680. The SMILES string of the molecule is O=C(c1cccc(Br)c1)N(CCO)C1CCC1. The molecule has 1 fully saturated rings. The molecule has 0 aromatic heterocycles. The third kappa shape index (κ3) is 2.87. The van der Waals surface area contributed by atoms with Crippen LogP contribution in [-0.4, -0.2) is 35.1 Å². The maximum atomic E-state index is 12.3. The largest absolute Gasteiger partial charge is 0.395 e. The van der Waals surface area contributed by atoms with Crippen molar-refractivity contribution in [3.8, 4) is 0 Å². The van der Waals surface area contributed by atoms with Crippen LogP contribution in [0.5, 0.6) is 0 Å². The lowest BCUT2D eigenvalue weighted by molar-refractivity contribution is 0.0525. The number of carbonyl (C=O) groups is 1. The second-order valence-corrected chi connectivity index (χ2v) is 5.23. The monoisotopic (exact) mass is 297 g/mol. The van der Waals surface area contributed by atoms with Gasteiger partial charge in [0.1, 0.15) is 0 Å². The zero-order chi connectivity index (χ0) is 12.3. The standard InChI is InChI=1S/C13H16BrNO2/c14-11-4-1-3-10(9-11)13(17)15(7-8-16)12-5-2-6-12/h1,3-4,9,12,16H,2,5-8H2. The molecule has 1 aliphatic rings. The van der Waals surface area contributed by atoms with E-state index < -0.39 is 0 Å². The van der Waals surface area contributed by atoms with Crippen molar-refractivity contribution in [3.63, 3.8) is 0 Å². The Labute approximate surface area is 110 Å². The third-order valence-electron chi connectivity index (χ3n) is 3.19. The predicted molar refractivity (Wildman–Crippen MR) is 69.9 cm³/mol. The molecule has 1 N–H and O–H groups in total. The summed E-state index contributed by atoms with van der Waals surface area (Å²) in [6.07, 6.45) is 3.29. The molecule has 4 heteroatoms. The highest BCUT2D eigenvalue weighted by molar-refractivity contribution is 9.10. The summed E-state index contributed by atoms with van der Waals surface area (Å²) in [5, 5.41) is 9.05. The van der Waals surface area contributed by atoms with Crippen LogP contribution in [0.3, 0.4) is 0 Å². The Morgan fingerprint density at radius 1 is 1.47 bits per heavy atom. The van der Waals surface area contributed by atoms with E-state index in [1.54, 1.807) is 4.90 Å². The summed E-state index contributed by atoms with van der Waals surface area (Å²) < 4.78 is 0.904. The van der Waals surface area contributed by atoms with Gasteiger partial charge in [0, 0.05) is 22.6 Å². The normalized spacial score (nSPS) is 15.4. The molecule has 0 bridgehead atoms. The molecule has 1 amide bonds. The molecular weight excluding hydrogens is 282 g/mol. The molecular formula is C13H16BrNO2. The number of aliphatic hydroxyl groups excluding tert-OH is 1. The van der Waals surface area contributed by atoms with Gasteiger partial charge >= 0.3 is 0 Å². The molecule has 0 unspecified atom stereocenters. The Balaban J connectivity index is 2.15. The number of rotatable bonds is 4. The van der Waals surface area contributed by atoms with Crippen LogP contribution in [0.2, 0.25) is 0 Å². The Hall–Kier alpha value is -0.870. The number of amides is 1. The molecule has 17 heavy (non-hydrogen) atoms. The maximum absolute atomic E-state index is 12.3. The molecule has 3 nitrogen and oxygen atoms in total. The molecule has 0 radical (unpaired) electrons. The fourth-order valence-corrected chi connectivity index (χ4v) is 2.44. The van der Waals surface area contributed by atoms with Gasteiger partial charge in [-0.25, -0.2) is 0 Å². The van der Waals surface area contributed by atoms with Crippen molar-refractivity contribution >= 4 is 21.8 Å². The predicted octanol–water partition coefficient (Wildman–Crippen LogP) is 2.44. The Morgan fingerprint density at radius 2 is 2.24 bits per heavy atom. The summed E-state index contributed by atoms with van der Waals surface area (Å²) in [4.78, 5) is 14.1. The number of hydrogen-bond donors (Lipinski definition) is 1. The van der Waals surface area contributed by atoms with E-state index in [0.717, 1.165) is 17.3 Å². The van der Waals surface area contributed by atoms with E-state index in [9.17, 15) is 4.79 Å². The van der Waals surface area contributed by atoms with Gasteiger partial charge in [-0.2, -0.15) is 0 Å². The average molecular weight is 298 g/mol. The summed E-state index contributed by atoms with van der Waals surface area (Å²) in [5.74, 6) is 0.0186. The number of hydrogen-bond acceptors (Lipinski definition) is 2. The van der Waals surface area contributed by atoms with Gasteiger partial charge < -0.3 is 10.0 Å². The van der Waals surface area contributed by atoms with Gasteiger partial charge in [0.05, 0.1) is 6.61 Å². The van der Waals surface area contributed by atoms with Crippen LogP contribution in [-0.2, 0) is 0 Å². The fraction of sp³-hybridized carbons (Fsp3) is 0.462. The quantitative estimate of drug-likeness (QED) is 0.927. The number of nitrogens with zero attached hydrogens (tertiary/aromatic N) is 1. The highest BCUT2D eigenvalue weighted by atomic mass is 79.9. The van der Waals surface area contributed by atoms with Gasteiger partial charge in [0.2, 0.25) is 0 Å². The molecule has 1 aromatic carbocycles. The minimum Gasteiger partial charge on any atom is -0.395 e. The molecule has 1 aromatic rings. The van der Waals surface area contributed by atoms with Gasteiger partial charge in [-0.05, 0) is 37.5 Å². The fourth-order valence-electron chi connectivity index (χ4n) is 2.04. The first-order valence-electron chi connectivity index (χ1n) is 5.90. The second kappa shape index (κ2) is 5.65. The lowest BCUT2D eigenvalue weighted by Crippen LogP contribution is -2.45. The van der Waals surface area contributed by atoms with Crippen LogP contribution in [0.15, 0.2) is 28.7 Å². The molecule has 0 atom stereocenters. The lowest BCUT2D eigenvalue weighted by Gasteiger charge is -2.37. The van der Waals surface area contributed by atoms with Crippen LogP contribution in [0, 0.1) is 0 Å². The van der Waals surface area contributed by atoms with Gasteiger partial charge in [0.15, 0.2) is 0 Å². The van der Waals surface area contributed by atoms with Crippen molar-refractivity contribution in [2.45, 2.75) is 25.3 Å². The van der Waals surface area contributed by atoms with E-state index in [-0.39, 0.29) is 12.5 Å². The molecule has 0 heterocycles. The first-order valence-corrected chi connectivity index (χ1v) is 6.69. The number of halogens is 1. The molecule has 2 rings (SSSR count). The van der Waals surface area contributed by atoms with Crippen molar-refractivity contribution in [2.75, 3.05) is 13.2 Å². The van der Waals surface area contributed by atoms with Crippen molar-refractivity contribution in [1.82, 2.24) is 4.90 Å². The van der Waals surface area contributed by atoms with Crippen LogP contribution >= 0.6 is 15.9 Å². The maximum Gasteiger partial charge on any atom is 0.254 e. The Kier molecular flexibility index (Phi) is 4.18. The van der Waals surface area contributed by atoms with Gasteiger partial charge in [0.25, 0.3) is 5.91 Å². The van der Waals surface area contributed by atoms with E-state index in [2.05, 4.69) is 15.9 Å². The average Bonchev–Trinajstić information content (AvgIpc) is 2.25. The molecule has 92 valence electrons. The van der Waals surface area contributed by atoms with Gasteiger partial charge in [-0.15, -0.1) is 0 Å². The minimum atomic E-state index is 0.0186. The molecule has 0 saturated heterocycles. The Bertz CT molecular complexity index is 404. The summed E-state index contributed by atoms with van der Waals surface area (Å²) in [6, 6.07) is 7.71. The van der Waals surface area contributed by atoms with Crippen LogP contribution < -0.4 is 0 Å². The van der Waals surface area contributed by atoms with E-state index >= 15 is 0 Å². The summed E-state index contributed by atoms with van der Waals surface area (Å²) >= 11 is 3.37. The van der Waals surface area contributed by atoms with E-state index in [1.807, 2.05) is 24.3 Å². The zero-order valence-electron chi connectivity index (χ0n) is 9.60. The van der Waals surface area contributed by atoms with Gasteiger partial charge in [-0.3, -0.25) is 4.79 Å². The number of aliphatic hydroxyl groups is 1. The lowest BCUT2D eigenvalue weighted by atomic mass is 9.91. The van der Waals surface area contributed by atoms with E-state index in [1.165, 1.54) is 6.42 Å². The Morgan fingerprint density at radius 3 is 2.76 bits per heavy atom. The summed E-state index contributed by atoms with van der Waals surface area (Å²) in [6.45, 7) is 0.451. The molecule has 1 saturated carbocycles.